The highest BCUT2D eigenvalue weighted by molar-refractivity contribution is 5.66. The summed E-state index contributed by atoms with van der Waals surface area (Å²) in [5.74, 6) is 4.41. The van der Waals surface area contributed by atoms with Crippen LogP contribution in [0.5, 0.6) is 0 Å². The van der Waals surface area contributed by atoms with Gasteiger partial charge in [0.15, 0.2) is 0 Å². The first-order chi connectivity index (χ1) is 6.16. The lowest BCUT2D eigenvalue weighted by Gasteiger charge is -1.99. The number of hydrogen-bond acceptors (Lipinski definition) is 2. The van der Waals surface area contributed by atoms with Gasteiger partial charge in [-0.1, -0.05) is 31.6 Å². The molecule has 0 radical (unpaired) electrons. The highest BCUT2D eigenvalue weighted by Crippen LogP contribution is 1.98. The minimum atomic E-state index is -0.850. The van der Waals surface area contributed by atoms with Gasteiger partial charge in [-0.25, -0.2) is 0 Å². The van der Waals surface area contributed by atoms with E-state index in [0.717, 1.165) is 12.8 Å². The average Bonchev–Trinajstić information content (AvgIpc) is 2.08. The SMILES string of the molecule is CCCC[C@@H](O)C#CCCC(=O)O. The summed E-state index contributed by atoms with van der Waals surface area (Å²) < 4.78 is 0. The van der Waals surface area contributed by atoms with Crippen molar-refractivity contribution in [3.63, 3.8) is 0 Å². The van der Waals surface area contributed by atoms with Crippen molar-refractivity contribution >= 4 is 5.97 Å². The first-order valence-corrected chi connectivity index (χ1v) is 4.55. The number of rotatable bonds is 5. The molecule has 0 aromatic carbocycles. The van der Waals surface area contributed by atoms with Crippen LogP contribution in [0.2, 0.25) is 0 Å². The van der Waals surface area contributed by atoms with E-state index in [0.29, 0.717) is 12.8 Å². The molecule has 0 aliphatic carbocycles. The average molecular weight is 184 g/mol. The smallest absolute Gasteiger partial charge is 0.304 e. The minimum Gasteiger partial charge on any atom is -0.481 e. The number of hydrogen-bond donors (Lipinski definition) is 2. The highest BCUT2D eigenvalue weighted by Gasteiger charge is 1.97. The molecule has 3 nitrogen and oxygen atoms in total. The molecule has 0 aliphatic rings. The van der Waals surface area contributed by atoms with Crippen LogP contribution in [0.1, 0.15) is 39.0 Å². The van der Waals surface area contributed by atoms with Gasteiger partial charge < -0.3 is 10.2 Å². The van der Waals surface area contributed by atoms with E-state index in [1.54, 1.807) is 0 Å². The topological polar surface area (TPSA) is 57.5 Å². The molecule has 0 aromatic heterocycles. The summed E-state index contributed by atoms with van der Waals surface area (Å²) >= 11 is 0. The van der Waals surface area contributed by atoms with Crippen molar-refractivity contribution < 1.29 is 15.0 Å². The Morgan fingerprint density at radius 3 is 2.77 bits per heavy atom. The van der Waals surface area contributed by atoms with Crippen LogP contribution in [-0.2, 0) is 4.79 Å². The fourth-order valence-corrected chi connectivity index (χ4v) is 0.829. The molecule has 1 atom stereocenters. The maximum Gasteiger partial charge on any atom is 0.304 e. The van der Waals surface area contributed by atoms with Crippen molar-refractivity contribution in [3.8, 4) is 11.8 Å². The number of aliphatic carboxylic acids is 1. The van der Waals surface area contributed by atoms with Crippen molar-refractivity contribution in [1.82, 2.24) is 0 Å². The molecule has 0 aromatic rings. The first kappa shape index (κ1) is 12.0. The van der Waals surface area contributed by atoms with E-state index >= 15 is 0 Å². The summed E-state index contributed by atoms with van der Waals surface area (Å²) in [4.78, 5) is 10.1. The number of aliphatic hydroxyl groups is 1. The van der Waals surface area contributed by atoms with Gasteiger partial charge in [-0.2, -0.15) is 0 Å². The molecule has 0 unspecified atom stereocenters. The molecule has 74 valence electrons. The van der Waals surface area contributed by atoms with Crippen LogP contribution in [0.3, 0.4) is 0 Å². The Labute approximate surface area is 78.8 Å². The normalized spacial score (nSPS) is 11.5. The van der Waals surface area contributed by atoms with E-state index in [1.165, 1.54) is 0 Å². The summed E-state index contributed by atoms with van der Waals surface area (Å²) in [6.45, 7) is 2.05. The lowest BCUT2D eigenvalue weighted by Crippen LogP contribution is -2.02. The Bertz CT molecular complexity index is 200. The monoisotopic (exact) mass is 184 g/mol. The first-order valence-electron chi connectivity index (χ1n) is 4.55. The quantitative estimate of drug-likeness (QED) is 0.635. The lowest BCUT2D eigenvalue weighted by molar-refractivity contribution is -0.136. The van der Waals surface area contributed by atoms with Gasteiger partial charge in [-0.3, -0.25) is 4.79 Å². The van der Waals surface area contributed by atoms with Crippen molar-refractivity contribution in [2.75, 3.05) is 0 Å². The van der Waals surface area contributed by atoms with Crippen LogP contribution >= 0.6 is 0 Å². The van der Waals surface area contributed by atoms with E-state index in [2.05, 4.69) is 11.8 Å². The third-order valence-corrected chi connectivity index (χ3v) is 1.56. The second-order valence-electron chi connectivity index (χ2n) is 2.87. The molecule has 3 heteroatoms. The van der Waals surface area contributed by atoms with E-state index in [1.807, 2.05) is 6.92 Å². The van der Waals surface area contributed by atoms with Gasteiger partial charge in [0.05, 0.1) is 6.42 Å². The van der Waals surface area contributed by atoms with Gasteiger partial charge in [-0.15, -0.1) is 0 Å². The molecule has 0 saturated carbocycles. The van der Waals surface area contributed by atoms with Crippen LogP contribution in [0.15, 0.2) is 0 Å². The minimum absolute atomic E-state index is 0.0491. The Morgan fingerprint density at radius 1 is 1.54 bits per heavy atom. The third-order valence-electron chi connectivity index (χ3n) is 1.56. The molecule has 0 saturated heterocycles. The zero-order valence-corrected chi connectivity index (χ0v) is 7.92. The summed E-state index contributed by atoms with van der Waals surface area (Å²) in [7, 11) is 0. The van der Waals surface area contributed by atoms with Crippen molar-refractivity contribution in [2.45, 2.75) is 45.1 Å². The van der Waals surface area contributed by atoms with Gasteiger partial charge >= 0.3 is 5.97 Å². The van der Waals surface area contributed by atoms with E-state index in [-0.39, 0.29) is 6.42 Å². The predicted octanol–water partition coefficient (Wildman–Crippen LogP) is 1.41. The zero-order chi connectivity index (χ0) is 10.1. The van der Waals surface area contributed by atoms with E-state index in [9.17, 15) is 9.90 Å². The maximum atomic E-state index is 10.1. The summed E-state index contributed by atoms with van der Waals surface area (Å²) in [6, 6.07) is 0. The van der Waals surface area contributed by atoms with E-state index < -0.39 is 12.1 Å². The third kappa shape index (κ3) is 8.90. The Kier molecular flexibility index (Phi) is 7.04. The van der Waals surface area contributed by atoms with E-state index in [4.69, 9.17) is 5.11 Å². The molecule has 0 amide bonds. The summed E-state index contributed by atoms with van der Waals surface area (Å²) in [5.41, 5.74) is 0. The summed E-state index contributed by atoms with van der Waals surface area (Å²) in [6.07, 6.45) is 2.44. The maximum absolute atomic E-state index is 10.1. The number of carboxylic acids is 1. The molecule has 13 heavy (non-hydrogen) atoms. The van der Waals surface area contributed by atoms with Crippen LogP contribution in [0.25, 0.3) is 0 Å². The lowest BCUT2D eigenvalue weighted by atomic mass is 10.1. The molecule has 0 spiro atoms. The zero-order valence-electron chi connectivity index (χ0n) is 7.92. The van der Waals surface area contributed by atoms with Crippen molar-refractivity contribution in [3.05, 3.63) is 0 Å². The Hall–Kier alpha value is -1.01. The molecule has 2 N–H and O–H groups in total. The standard InChI is InChI=1S/C10H16O3/c1-2-3-6-9(11)7-4-5-8-10(12)13/h9,11H,2-3,5-6,8H2,1H3,(H,12,13)/t9-/m1/s1. The Morgan fingerprint density at radius 2 is 2.23 bits per heavy atom. The van der Waals surface area contributed by atoms with Gasteiger partial charge in [0, 0.05) is 6.42 Å². The molecular weight excluding hydrogens is 168 g/mol. The Balaban J connectivity index is 3.50. The largest absolute Gasteiger partial charge is 0.481 e. The summed E-state index contributed by atoms with van der Waals surface area (Å²) in [5, 5.41) is 17.5. The fraction of sp³-hybridized carbons (Fsp3) is 0.700. The van der Waals surface area contributed by atoms with Gasteiger partial charge in [0.25, 0.3) is 0 Å². The molecule has 0 heterocycles. The number of aliphatic hydroxyl groups excluding tert-OH is 1. The van der Waals surface area contributed by atoms with Crippen LogP contribution < -0.4 is 0 Å². The number of unbranched alkanes of at least 4 members (excludes halogenated alkanes) is 1. The van der Waals surface area contributed by atoms with Crippen LogP contribution in [0, 0.1) is 11.8 Å². The second-order valence-corrected chi connectivity index (χ2v) is 2.87. The molecule has 0 bridgehead atoms. The van der Waals surface area contributed by atoms with Crippen molar-refractivity contribution in [1.29, 1.82) is 0 Å². The van der Waals surface area contributed by atoms with Gasteiger partial charge in [0.1, 0.15) is 6.10 Å². The second kappa shape index (κ2) is 7.63. The number of carbonyl (C=O) groups is 1. The van der Waals surface area contributed by atoms with Gasteiger partial charge in [-0.05, 0) is 6.42 Å². The molecular formula is C10H16O3. The van der Waals surface area contributed by atoms with Gasteiger partial charge in [0.2, 0.25) is 0 Å². The highest BCUT2D eigenvalue weighted by atomic mass is 16.4. The molecule has 0 rings (SSSR count). The fourth-order valence-electron chi connectivity index (χ4n) is 0.829. The molecule has 0 aliphatic heterocycles. The van der Waals surface area contributed by atoms with Crippen LogP contribution in [0.4, 0.5) is 0 Å². The number of carboxylic acid groups (broad SMARTS) is 1. The van der Waals surface area contributed by atoms with Crippen molar-refractivity contribution in [2.24, 2.45) is 0 Å². The molecule has 0 fully saturated rings. The van der Waals surface area contributed by atoms with Crippen LogP contribution in [-0.4, -0.2) is 22.3 Å². The predicted molar refractivity (Wildman–Crippen MR) is 50.2 cm³/mol.